The predicted octanol–water partition coefficient (Wildman–Crippen LogP) is 4.31. The Morgan fingerprint density at radius 2 is 1.85 bits per heavy atom. The highest BCUT2D eigenvalue weighted by atomic mass is 35.5. The Hall–Kier alpha value is -2.61. The van der Waals surface area contributed by atoms with Gasteiger partial charge in [0.1, 0.15) is 0 Å². The average molecular weight is 366 g/mol. The number of hydrogen-bond acceptors (Lipinski definition) is 3. The van der Waals surface area contributed by atoms with E-state index in [4.69, 9.17) is 17.3 Å². The lowest BCUT2D eigenvalue weighted by atomic mass is 9.95. The molecular weight excluding hydrogens is 346 g/mol. The summed E-state index contributed by atoms with van der Waals surface area (Å²) >= 11 is 6.04. The van der Waals surface area contributed by atoms with Crippen LogP contribution in [0, 0.1) is 17.2 Å². The largest absolute Gasteiger partial charge is 0.325 e. The van der Waals surface area contributed by atoms with Gasteiger partial charge in [-0.25, -0.2) is 0 Å². The zero-order valence-electron chi connectivity index (χ0n) is 14.8. The predicted molar refractivity (Wildman–Crippen MR) is 106 cm³/mol. The Morgan fingerprint density at radius 1 is 1.15 bits per heavy atom. The van der Waals surface area contributed by atoms with Gasteiger partial charge in [-0.15, -0.1) is 0 Å². The number of pyridine rings is 1. The molecule has 0 aliphatic heterocycles. The second-order valence-electron chi connectivity index (χ2n) is 6.71. The molecule has 0 aliphatic carbocycles. The lowest BCUT2D eigenvalue weighted by Crippen LogP contribution is -2.28. The molecule has 0 unspecified atom stereocenters. The van der Waals surface area contributed by atoms with Crippen molar-refractivity contribution in [3.8, 4) is 17.2 Å². The fourth-order valence-electron chi connectivity index (χ4n) is 3.27. The first-order chi connectivity index (χ1) is 12.5. The zero-order valence-corrected chi connectivity index (χ0v) is 15.5. The van der Waals surface area contributed by atoms with Gasteiger partial charge in [-0.3, -0.25) is 4.79 Å². The van der Waals surface area contributed by atoms with E-state index in [0.717, 1.165) is 22.2 Å². The summed E-state index contributed by atoms with van der Waals surface area (Å²) in [4.78, 5) is 13.1. The van der Waals surface area contributed by atoms with Crippen molar-refractivity contribution in [2.45, 2.75) is 26.9 Å². The van der Waals surface area contributed by atoms with Crippen molar-refractivity contribution >= 4 is 22.4 Å². The molecule has 2 aromatic carbocycles. The number of nitrogens with two attached hydrogens (primary N) is 1. The van der Waals surface area contributed by atoms with Crippen molar-refractivity contribution in [2.75, 3.05) is 0 Å². The Morgan fingerprint density at radius 3 is 2.42 bits per heavy atom. The van der Waals surface area contributed by atoms with Gasteiger partial charge in [0.15, 0.2) is 0 Å². The van der Waals surface area contributed by atoms with Crippen LogP contribution in [0.4, 0.5) is 0 Å². The van der Waals surface area contributed by atoms with Crippen LogP contribution in [0.5, 0.6) is 0 Å². The summed E-state index contributed by atoms with van der Waals surface area (Å²) in [7, 11) is 0. The van der Waals surface area contributed by atoms with Crippen LogP contribution in [0.1, 0.15) is 25.1 Å². The number of aromatic nitrogens is 1. The fraction of sp³-hybridized carbons (Fsp3) is 0.238. The number of hydrogen-bond donors (Lipinski definition) is 1. The monoisotopic (exact) mass is 365 g/mol. The molecule has 0 atom stereocenters. The van der Waals surface area contributed by atoms with Crippen molar-refractivity contribution in [3.05, 3.63) is 69.1 Å². The molecule has 1 aromatic heterocycles. The SMILES string of the molecule is CC(C)Cn1c(CN)c(-c2ccc(Cl)cc2)c2cc(C#N)ccc2c1=O. The lowest BCUT2D eigenvalue weighted by Gasteiger charge is -2.20. The van der Waals surface area contributed by atoms with E-state index < -0.39 is 0 Å². The Balaban J connectivity index is 2.48. The number of nitrogens with zero attached hydrogens (tertiary/aromatic N) is 2. The van der Waals surface area contributed by atoms with Crippen LogP contribution < -0.4 is 11.3 Å². The topological polar surface area (TPSA) is 71.8 Å². The van der Waals surface area contributed by atoms with Crippen molar-refractivity contribution < 1.29 is 0 Å². The Bertz CT molecular complexity index is 1060. The molecule has 132 valence electrons. The standard InChI is InChI=1S/C21H20ClN3O/c1-13(2)12-25-19(11-24)20(15-4-6-16(22)7-5-15)18-9-14(10-23)3-8-17(18)21(25)26/h3-9,13H,11-12,24H2,1-2H3. The van der Waals surface area contributed by atoms with E-state index in [-0.39, 0.29) is 12.1 Å². The van der Waals surface area contributed by atoms with Crippen molar-refractivity contribution in [1.82, 2.24) is 4.57 Å². The number of halogens is 1. The second-order valence-corrected chi connectivity index (χ2v) is 7.15. The summed E-state index contributed by atoms with van der Waals surface area (Å²) in [5, 5.41) is 11.3. The normalized spacial score (nSPS) is 11.1. The Labute approximate surface area is 157 Å². The molecule has 26 heavy (non-hydrogen) atoms. The quantitative estimate of drug-likeness (QED) is 0.748. The van der Waals surface area contributed by atoms with Crippen LogP contribution in [-0.4, -0.2) is 4.57 Å². The first-order valence-electron chi connectivity index (χ1n) is 8.51. The number of benzene rings is 2. The molecular formula is C21H20ClN3O. The third-order valence-electron chi connectivity index (χ3n) is 4.38. The maximum atomic E-state index is 13.1. The summed E-state index contributed by atoms with van der Waals surface area (Å²) in [5.41, 5.74) is 9.09. The highest BCUT2D eigenvalue weighted by Gasteiger charge is 2.18. The van der Waals surface area contributed by atoms with E-state index >= 15 is 0 Å². The molecule has 3 rings (SSSR count). The molecule has 0 amide bonds. The van der Waals surface area contributed by atoms with Gasteiger partial charge < -0.3 is 10.3 Å². The van der Waals surface area contributed by atoms with Gasteiger partial charge in [0.05, 0.1) is 11.6 Å². The molecule has 1 heterocycles. The third-order valence-corrected chi connectivity index (χ3v) is 4.63. The molecule has 0 bridgehead atoms. The maximum absolute atomic E-state index is 13.1. The van der Waals surface area contributed by atoms with E-state index in [1.807, 2.05) is 24.3 Å². The lowest BCUT2D eigenvalue weighted by molar-refractivity contribution is 0.499. The molecule has 0 saturated heterocycles. The molecule has 0 saturated carbocycles. The molecule has 0 fully saturated rings. The molecule has 0 spiro atoms. The van der Waals surface area contributed by atoms with Crippen LogP contribution in [-0.2, 0) is 13.1 Å². The summed E-state index contributed by atoms with van der Waals surface area (Å²) in [6.45, 7) is 4.95. The fourth-order valence-corrected chi connectivity index (χ4v) is 3.40. The first-order valence-corrected chi connectivity index (χ1v) is 8.89. The van der Waals surface area contributed by atoms with Gasteiger partial charge in [0.2, 0.25) is 0 Å². The smallest absolute Gasteiger partial charge is 0.258 e. The third kappa shape index (κ3) is 3.24. The van der Waals surface area contributed by atoms with Crippen LogP contribution in [0.2, 0.25) is 5.02 Å². The minimum atomic E-state index is -0.0728. The molecule has 0 radical (unpaired) electrons. The number of fused-ring (bicyclic) bond motifs is 1. The summed E-state index contributed by atoms with van der Waals surface area (Å²) in [6, 6.07) is 14.8. The molecule has 0 aliphatic rings. The van der Waals surface area contributed by atoms with Gasteiger partial charge in [-0.05, 0) is 47.2 Å². The van der Waals surface area contributed by atoms with E-state index in [9.17, 15) is 10.1 Å². The van der Waals surface area contributed by atoms with Gasteiger partial charge in [-0.2, -0.15) is 5.26 Å². The average Bonchev–Trinajstić information content (AvgIpc) is 2.64. The van der Waals surface area contributed by atoms with Crippen LogP contribution in [0.3, 0.4) is 0 Å². The van der Waals surface area contributed by atoms with Crippen molar-refractivity contribution in [3.63, 3.8) is 0 Å². The Kier molecular flexibility index (Phi) is 5.13. The van der Waals surface area contributed by atoms with Crippen molar-refractivity contribution in [1.29, 1.82) is 5.26 Å². The molecule has 4 nitrogen and oxygen atoms in total. The van der Waals surface area contributed by atoms with E-state index in [2.05, 4.69) is 19.9 Å². The van der Waals surface area contributed by atoms with Gasteiger partial charge in [0.25, 0.3) is 5.56 Å². The number of rotatable bonds is 4. The maximum Gasteiger partial charge on any atom is 0.258 e. The molecule has 3 aromatic rings. The van der Waals surface area contributed by atoms with E-state index in [1.54, 1.807) is 22.8 Å². The minimum absolute atomic E-state index is 0.0728. The van der Waals surface area contributed by atoms with Gasteiger partial charge >= 0.3 is 0 Å². The van der Waals surface area contributed by atoms with Crippen LogP contribution >= 0.6 is 11.6 Å². The first kappa shape index (κ1) is 18.2. The van der Waals surface area contributed by atoms with E-state index in [1.165, 1.54) is 0 Å². The summed E-state index contributed by atoms with van der Waals surface area (Å²) in [6.07, 6.45) is 0. The highest BCUT2D eigenvalue weighted by molar-refractivity contribution is 6.30. The summed E-state index contributed by atoms with van der Waals surface area (Å²) in [5.74, 6) is 0.298. The van der Waals surface area contributed by atoms with E-state index in [0.29, 0.717) is 28.4 Å². The molecule has 2 N–H and O–H groups in total. The summed E-state index contributed by atoms with van der Waals surface area (Å²) < 4.78 is 1.77. The highest BCUT2D eigenvalue weighted by Crippen LogP contribution is 2.32. The van der Waals surface area contributed by atoms with Gasteiger partial charge in [-0.1, -0.05) is 37.6 Å². The zero-order chi connectivity index (χ0) is 18.8. The van der Waals surface area contributed by atoms with Crippen LogP contribution in [0.15, 0.2) is 47.3 Å². The second kappa shape index (κ2) is 7.33. The number of nitriles is 1. The van der Waals surface area contributed by atoms with Gasteiger partial charge in [0, 0.05) is 34.8 Å². The van der Waals surface area contributed by atoms with Crippen LogP contribution in [0.25, 0.3) is 21.9 Å². The van der Waals surface area contributed by atoms with Crippen molar-refractivity contribution in [2.24, 2.45) is 11.7 Å². The minimum Gasteiger partial charge on any atom is -0.325 e. The molecule has 5 heteroatoms.